The Balaban J connectivity index is 2.95. The quantitative estimate of drug-likeness (QED) is 0.557. The molecule has 0 amide bonds. The molecule has 0 saturated heterocycles. The molecule has 1 aromatic heterocycles. The highest BCUT2D eigenvalue weighted by Gasteiger charge is 2.16. The van der Waals surface area contributed by atoms with Gasteiger partial charge in [-0.1, -0.05) is 0 Å². The van der Waals surface area contributed by atoms with Gasteiger partial charge in [-0.2, -0.15) is 8.42 Å². The predicted molar refractivity (Wildman–Crippen MR) is 72.0 cm³/mol. The molecule has 0 bridgehead atoms. The summed E-state index contributed by atoms with van der Waals surface area (Å²) in [5.74, 6) is -0.705. The zero-order chi connectivity index (χ0) is 15.3. The van der Waals surface area contributed by atoms with Crippen molar-refractivity contribution in [2.24, 2.45) is 0 Å². The summed E-state index contributed by atoms with van der Waals surface area (Å²) in [6.07, 6.45) is 1.66. The minimum Gasteiger partial charge on any atom is -0.462 e. The van der Waals surface area contributed by atoms with Crippen molar-refractivity contribution in [3.63, 3.8) is 0 Å². The van der Waals surface area contributed by atoms with Crippen molar-refractivity contribution in [3.8, 4) is 0 Å². The van der Waals surface area contributed by atoms with Crippen molar-refractivity contribution < 1.29 is 22.1 Å². The predicted octanol–water partition coefficient (Wildman–Crippen LogP) is 0.390. The first-order valence-corrected chi connectivity index (χ1v) is 7.81. The number of nitrogens with zero attached hydrogens (tertiary/aromatic N) is 1. The molecule has 1 heterocycles. The van der Waals surface area contributed by atoms with Gasteiger partial charge in [-0.3, -0.25) is 8.98 Å². The van der Waals surface area contributed by atoms with Gasteiger partial charge in [-0.15, -0.1) is 0 Å². The summed E-state index contributed by atoms with van der Waals surface area (Å²) in [4.78, 5) is 23.6. The summed E-state index contributed by atoms with van der Waals surface area (Å²) >= 11 is 0. The van der Waals surface area contributed by atoms with Gasteiger partial charge in [-0.25, -0.2) is 4.79 Å². The van der Waals surface area contributed by atoms with Crippen LogP contribution in [0.25, 0.3) is 0 Å². The van der Waals surface area contributed by atoms with Crippen LogP contribution in [-0.4, -0.2) is 37.9 Å². The lowest BCUT2D eigenvalue weighted by molar-refractivity contribution is 0.0523. The fourth-order valence-electron chi connectivity index (χ4n) is 1.65. The number of ether oxygens (including phenoxy) is 1. The van der Waals surface area contributed by atoms with Gasteiger partial charge < -0.3 is 9.30 Å². The second-order valence-electron chi connectivity index (χ2n) is 4.21. The molecule has 1 aromatic rings. The average molecular weight is 303 g/mol. The third-order valence-electron chi connectivity index (χ3n) is 2.31. The number of carbonyl (C=O) groups excluding carboxylic acids is 1. The lowest BCUT2D eigenvalue weighted by Crippen LogP contribution is -2.31. The standard InChI is InChI=1S/C12H17NO6S/c1-4-18-12(15)10-6-5-7-13(11(10)14)8-9(2)19-20(3,16)17/h5-7,9H,4,8H2,1-3H3/t9-/m1/s1. The van der Waals surface area contributed by atoms with E-state index in [1.165, 1.54) is 29.8 Å². The Morgan fingerprint density at radius 2 is 2.10 bits per heavy atom. The van der Waals surface area contributed by atoms with Crippen LogP contribution in [0, 0.1) is 0 Å². The smallest absolute Gasteiger partial charge is 0.343 e. The summed E-state index contributed by atoms with van der Waals surface area (Å²) in [5.41, 5.74) is -0.643. The van der Waals surface area contributed by atoms with E-state index in [0.717, 1.165) is 6.26 Å². The fourth-order valence-corrected chi connectivity index (χ4v) is 2.31. The first kappa shape index (κ1) is 16.4. The van der Waals surface area contributed by atoms with Crippen molar-refractivity contribution >= 4 is 16.1 Å². The van der Waals surface area contributed by atoms with E-state index in [1.807, 2.05) is 0 Å². The van der Waals surface area contributed by atoms with Crippen LogP contribution < -0.4 is 5.56 Å². The lowest BCUT2D eigenvalue weighted by atomic mass is 10.2. The molecule has 0 aromatic carbocycles. The number of pyridine rings is 1. The van der Waals surface area contributed by atoms with Crippen molar-refractivity contribution in [3.05, 3.63) is 34.2 Å². The molecule has 0 aliphatic heterocycles. The topological polar surface area (TPSA) is 91.7 Å². The third-order valence-corrected chi connectivity index (χ3v) is 2.99. The normalized spacial score (nSPS) is 12.9. The van der Waals surface area contributed by atoms with Crippen molar-refractivity contribution in [1.29, 1.82) is 0 Å². The molecule has 1 atom stereocenters. The molecule has 7 nitrogen and oxygen atoms in total. The van der Waals surface area contributed by atoms with Crippen LogP contribution in [0.4, 0.5) is 0 Å². The number of hydrogen-bond acceptors (Lipinski definition) is 6. The Morgan fingerprint density at radius 1 is 1.45 bits per heavy atom. The van der Waals surface area contributed by atoms with Crippen LogP contribution in [-0.2, 0) is 25.6 Å². The first-order valence-electron chi connectivity index (χ1n) is 5.99. The minimum atomic E-state index is -3.60. The monoisotopic (exact) mass is 303 g/mol. The molecule has 0 aliphatic carbocycles. The van der Waals surface area contributed by atoms with Gasteiger partial charge in [0, 0.05) is 6.20 Å². The highest BCUT2D eigenvalue weighted by atomic mass is 32.2. The average Bonchev–Trinajstić information content (AvgIpc) is 2.29. The van der Waals surface area contributed by atoms with Gasteiger partial charge in [0.2, 0.25) is 0 Å². The van der Waals surface area contributed by atoms with E-state index >= 15 is 0 Å². The Labute approximate surface area is 117 Å². The molecule has 0 fully saturated rings. The second-order valence-corrected chi connectivity index (χ2v) is 5.81. The summed E-state index contributed by atoms with van der Waals surface area (Å²) in [5, 5.41) is 0. The van der Waals surface area contributed by atoms with Crippen molar-refractivity contribution in [2.45, 2.75) is 26.5 Å². The van der Waals surface area contributed by atoms with Gasteiger partial charge >= 0.3 is 5.97 Å². The van der Waals surface area contributed by atoms with Crippen LogP contribution in [0.5, 0.6) is 0 Å². The van der Waals surface area contributed by atoms with E-state index in [-0.39, 0.29) is 18.7 Å². The molecule has 0 aliphatic rings. The molecule has 0 unspecified atom stereocenters. The lowest BCUT2D eigenvalue weighted by Gasteiger charge is -2.13. The summed E-state index contributed by atoms with van der Waals surface area (Å²) < 4.78 is 32.7. The number of esters is 1. The number of hydrogen-bond donors (Lipinski definition) is 0. The van der Waals surface area contributed by atoms with E-state index in [4.69, 9.17) is 8.92 Å². The highest BCUT2D eigenvalue weighted by Crippen LogP contribution is 2.01. The zero-order valence-electron chi connectivity index (χ0n) is 11.5. The summed E-state index contributed by atoms with van der Waals surface area (Å²) in [6, 6.07) is 2.87. The van der Waals surface area contributed by atoms with Crippen LogP contribution >= 0.6 is 0 Å². The highest BCUT2D eigenvalue weighted by molar-refractivity contribution is 7.86. The molecule has 20 heavy (non-hydrogen) atoms. The maximum atomic E-state index is 12.0. The SMILES string of the molecule is CCOC(=O)c1cccn(C[C@@H](C)OS(C)(=O)=O)c1=O. The molecular weight excluding hydrogens is 286 g/mol. The van der Waals surface area contributed by atoms with Crippen LogP contribution in [0.3, 0.4) is 0 Å². The Kier molecular flexibility index (Phi) is 5.46. The van der Waals surface area contributed by atoms with Gasteiger partial charge in [0.1, 0.15) is 5.56 Å². The molecule has 0 saturated carbocycles. The Bertz CT molecular complexity index is 634. The minimum absolute atomic E-state index is 0.0130. The third kappa shape index (κ3) is 4.78. The van der Waals surface area contributed by atoms with Gasteiger partial charge in [0.15, 0.2) is 0 Å². The summed E-state index contributed by atoms with van der Waals surface area (Å²) in [6.45, 7) is 3.34. The van der Waals surface area contributed by atoms with Crippen molar-refractivity contribution in [2.75, 3.05) is 12.9 Å². The second kappa shape index (κ2) is 6.67. The molecule has 0 spiro atoms. The molecule has 112 valence electrons. The summed E-state index contributed by atoms with van der Waals surface area (Å²) in [7, 11) is -3.60. The first-order chi connectivity index (χ1) is 9.24. The molecule has 0 radical (unpaired) electrons. The maximum absolute atomic E-state index is 12.0. The number of carbonyl (C=O) groups is 1. The van der Waals surface area contributed by atoms with Crippen LogP contribution in [0.1, 0.15) is 24.2 Å². The largest absolute Gasteiger partial charge is 0.462 e. The molecule has 8 heteroatoms. The number of aromatic nitrogens is 1. The molecular formula is C12H17NO6S. The fraction of sp³-hybridized carbons (Fsp3) is 0.500. The van der Waals surface area contributed by atoms with E-state index in [9.17, 15) is 18.0 Å². The van der Waals surface area contributed by atoms with E-state index in [1.54, 1.807) is 6.92 Å². The molecule has 1 rings (SSSR count). The zero-order valence-corrected chi connectivity index (χ0v) is 12.3. The Hall–Kier alpha value is -1.67. The van der Waals surface area contributed by atoms with Crippen LogP contribution in [0.2, 0.25) is 0 Å². The van der Waals surface area contributed by atoms with E-state index in [0.29, 0.717) is 0 Å². The van der Waals surface area contributed by atoms with Gasteiger partial charge in [-0.05, 0) is 26.0 Å². The van der Waals surface area contributed by atoms with E-state index < -0.39 is 27.8 Å². The van der Waals surface area contributed by atoms with Gasteiger partial charge in [0.05, 0.1) is 25.5 Å². The maximum Gasteiger partial charge on any atom is 0.343 e. The Morgan fingerprint density at radius 3 is 2.65 bits per heavy atom. The van der Waals surface area contributed by atoms with Crippen molar-refractivity contribution in [1.82, 2.24) is 4.57 Å². The number of rotatable bonds is 6. The van der Waals surface area contributed by atoms with Crippen LogP contribution in [0.15, 0.2) is 23.1 Å². The molecule has 0 N–H and O–H groups in total. The van der Waals surface area contributed by atoms with Gasteiger partial charge in [0.25, 0.3) is 15.7 Å². The van der Waals surface area contributed by atoms with E-state index in [2.05, 4.69) is 0 Å².